The number of hydrogen-bond acceptors (Lipinski definition) is 6. The van der Waals surface area contributed by atoms with Crippen molar-refractivity contribution in [2.24, 2.45) is 10.2 Å². The number of anilines is 2. The van der Waals surface area contributed by atoms with Crippen molar-refractivity contribution in [1.82, 2.24) is 14.8 Å². The SMILES string of the molecule is CCCCCCCCCCCCC=CCCC(Cl)Cc1ccccc1N(c1[nH]n(-c2c(Cl)cc(Cl)cc2Cl)c(=O)c1N=NCCCCCCCC)N1C(=O)CCC1=O. The number of unbranched alkanes of at least 4 members (excludes halogenated alkanes) is 15. The van der Waals surface area contributed by atoms with Crippen LogP contribution in [0.1, 0.15) is 154 Å². The molecule has 0 radical (unpaired) electrons. The maximum absolute atomic E-state index is 14.3. The molecule has 1 saturated heterocycles. The largest absolute Gasteiger partial charge is 0.301 e. The number of nitrogens with one attached hydrogen (secondary N) is 1. The lowest BCUT2D eigenvalue weighted by Crippen LogP contribution is -2.44. The Morgan fingerprint density at radius 1 is 0.759 bits per heavy atom. The first-order valence-corrected chi connectivity index (χ1v) is 23.1. The van der Waals surface area contributed by atoms with Crippen LogP contribution in [0.5, 0.6) is 0 Å². The molecule has 1 aromatic heterocycles. The van der Waals surface area contributed by atoms with Gasteiger partial charge in [0.05, 0.1) is 22.3 Å². The van der Waals surface area contributed by atoms with Crippen LogP contribution < -0.4 is 10.6 Å². The zero-order chi connectivity index (χ0) is 41.7. The fourth-order valence-electron chi connectivity index (χ4n) is 7.25. The van der Waals surface area contributed by atoms with Crippen LogP contribution in [0.15, 0.2) is 63.6 Å². The first kappa shape index (κ1) is 47.6. The van der Waals surface area contributed by atoms with Crippen molar-refractivity contribution >= 4 is 75.4 Å². The normalized spacial score (nSPS) is 13.9. The molecule has 1 aliphatic heterocycles. The van der Waals surface area contributed by atoms with Gasteiger partial charge < -0.3 is 0 Å². The first-order chi connectivity index (χ1) is 28.2. The summed E-state index contributed by atoms with van der Waals surface area (Å²) in [5, 5.41) is 14.8. The molecule has 58 heavy (non-hydrogen) atoms. The van der Waals surface area contributed by atoms with E-state index in [2.05, 4.69) is 41.3 Å². The van der Waals surface area contributed by atoms with Crippen molar-refractivity contribution in [3.63, 3.8) is 0 Å². The smallest absolute Gasteiger partial charge is 0.272 e. The number of carbonyl (C=O) groups is 2. The fourth-order valence-corrected chi connectivity index (χ4v) is 8.53. The number of benzene rings is 2. The molecule has 4 rings (SSSR count). The van der Waals surface area contributed by atoms with Crippen molar-refractivity contribution in [1.29, 1.82) is 0 Å². The van der Waals surface area contributed by atoms with Crippen LogP contribution in [0, 0.1) is 0 Å². The van der Waals surface area contributed by atoms with Crippen LogP contribution in [0.2, 0.25) is 15.1 Å². The zero-order valence-electron chi connectivity index (χ0n) is 34.4. The predicted molar refractivity (Wildman–Crippen MR) is 242 cm³/mol. The van der Waals surface area contributed by atoms with E-state index in [1.807, 2.05) is 18.2 Å². The summed E-state index contributed by atoms with van der Waals surface area (Å²) in [5.41, 5.74) is 0.711. The van der Waals surface area contributed by atoms with E-state index in [9.17, 15) is 14.4 Å². The van der Waals surface area contributed by atoms with Gasteiger partial charge in [-0.1, -0.05) is 169 Å². The lowest BCUT2D eigenvalue weighted by Gasteiger charge is -2.32. The molecule has 318 valence electrons. The number of imide groups is 1. The third kappa shape index (κ3) is 14.6. The minimum Gasteiger partial charge on any atom is -0.272 e. The molecular formula is C45H62Cl4N6O3. The quantitative estimate of drug-likeness (QED) is 0.0258. The van der Waals surface area contributed by atoms with Gasteiger partial charge in [0.15, 0.2) is 11.5 Å². The van der Waals surface area contributed by atoms with Crippen LogP contribution in [0.25, 0.3) is 5.69 Å². The topological polar surface area (TPSA) is 103 Å². The van der Waals surface area contributed by atoms with Gasteiger partial charge in [0.1, 0.15) is 5.69 Å². The van der Waals surface area contributed by atoms with Gasteiger partial charge in [-0.15, -0.1) is 16.7 Å². The van der Waals surface area contributed by atoms with Gasteiger partial charge in [0.2, 0.25) is 11.8 Å². The first-order valence-electron chi connectivity index (χ1n) is 21.6. The molecule has 0 saturated carbocycles. The highest BCUT2D eigenvalue weighted by molar-refractivity contribution is 6.40. The Morgan fingerprint density at radius 3 is 1.93 bits per heavy atom. The van der Waals surface area contributed by atoms with E-state index in [1.54, 1.807) is 6.07 Å². The van der Waals surface area contributed by atoms with Crippen molar-refractivity contribution in [3.05, 3.63) is 79.5 Å². The van der Waals surface area contributed by atoms with Crippen LogP contribution in [0.4, 0.5) is 17.2 Å². The summed E-state index contributed by atoms with van der Waals surface area (Å²) in [6, 6.07) is 10.4. The standard InChI is InChI=1S/C45H62Cl4N6O3/c1-3-5-7-9-11-12-13-14-15-16-17-18-19-21-26-35(46)31-34-25-22-23-27-39(34)54(55-40(56)28-29-41(55)57)44-42(51-50-30-24-20-10-8-6-4-2)45(58)53(52-44)43-37(48)32-36(47)33-38(43)49/h18-19,22-23,25,27,32-33,35,52H,3-17,20-21,24,26,28-31H2,1-2H3. The predicted octanol–water partition coefficient (Wildman–Crippen LogP) is 14.6. The van der Waals surface area contributed by atoms with Gasteiger partial charge in [0.25, 0.3) is 0 Å². The number of azo groups is 1. The maximum atomic E-state index is 14.3. The Balaban J connectivity index is 1.55. The van der Waals surface area contributed by atoms with Crippen LogP contribution in [0.3, 0.4) is 0 Å². The van der Waals surface area contributed by atoms with Gasteiger partial charge in [0, 0.05) is 23.2 Å². The Labute approximate surface area is 365 Å². The second-order valence-corrected chi connectivity index (χ2v) is 17.1. The fraction of sp³-hybridized carbons (Fsp3) is 0.578. The van der Waals surface area contributed by atoms with E-state index in [0.717, 1.165) is 66.6 Å². The highest BCUT2D eigenvalue weighted by atomic mass is 35.5. The highest BCUT2D eigenvalue weighted by Crippen LogP contribution is 2.39. The average molecular weight is 877 g/mol. The molecule has 1 N–H and O–H groups in total. The van der Waals surface area contributed by atoms with Crippen LogP contribution in [-0.2, 0) is 16.0 Å². The summed E-state index contributed by atoms with van der Waals surface area (Å²) < 4.78 is 1.16. The summed E-state index contributed by atoms with van der Waals surface area (Å²) >= 11 is 26.4. The maximum Gasteiger partial charge on any atom is 0.301 e. The summed E-state index contributed by atoms with van der Waals surface area (Å²) in [5.74, 6) is -0.766. The lowest BCUT2D eigenvalue weighted by molar-refractivity contribution is -0.138. The summed E-state index contributed by atoms with van der Waals surface area (Å²) in [6.07, 6.45) is 27.3. The molecule has 0 aliphatic carbocycles. The summed E-state index contributed by atoms with van der Waals surface area (Å²) in [7, 11) is 0. The molecule has 2 heterocycles. The molecule has 1 aliphatic rings. The number of aromatic amines is 1. The monoisotopic (exact) mass is 874 g/mol. The van der Waals surface area contributed by atoms with Crippen molar-refractivity contribution < 1.29 is 9.59 Å². The number of hydrazine groups is 1. The number of allylic oxidation sites excluding steroid dienone is 2. The molecule has 1 unspecified atom stereocenters. The molecule has 0 bridgehead atoms. The van der Waals surface area contributed by atoms with E-state index in [-0.39, 0.29) is 45.5 Å². The number of nitrogens with zero attached hydrogens (tertiary/aromatic N) is 5. The summed E-state index contributed by atoms with van der Waals surface area (Å²) in [6.45, 7) is 4.84. The van der Waals surface area contributed by atoms with E-state index in [1.165, 1.54) is 87.8 Å². The van der Waals surface area contributed by atoms with E-state index < -0.39 is 17.4 Å². The van der Waals surface area contributed by atoms with E-state index >= 15 is 0 Å². The molecule has 0 spiro atoms. The molecular weight excluding hydrogens is 814 g/mol. The molecule has 13 heteroatoms. The number of amides is 2. The molecule has 1 fully saturated rings. The molecule has 1 atom stereocenters. The Hall–Kier alpha value is -3.11. The summed E-state index contributed by atoms with van der Waals surface area (Å²) in [4.78, 5) is 41.3. The third-order valence-corrected chi connectivity index (χ3v) is 11.6. The van der Waals surface area contributed by atoms with Crippen LogP contribution in [-0.4, -0.2) is 38.5 Å². The number of carbonyl (C=O) groups excluding carboxylic acids is 2. The van der Waals surface area contributed by atoms with Gasteiger partial charge in [-0.2, -0.15) is 10.1 Å². The van der Waals surface area contributed by atoms with Crippen molar-refractivity contribution in [3.8, 4) is 5.69 Å². The number of rotatable bonds is 28. The molecule has 9 nitrogen and oxygen atoms in total. The highest BCUT2D eigenvalue weighted by Gasteiger charge is 2.39. The van der Waals surface area contributed by atoms with Gasteiger partial charge >= 0.3 is 5.56 Å². The van der Waals surface area contributed by atoms with Gasteiger partial charge in [-0.3, -0.25) is 19.5 Å². The number of aromatic nitrogens is 2. The minimum absolute atomic E-state index is 0.0236. The van der Waals surface area contributed by atoms with Gasteiger partial charge in [-0.25, -0.2) is 9.69 Å². The van der Waals surface area contributed by atoms with E-state index in [0.29, 0.717) is 23.7 Å². The Kier molecular flexibility index (Phi) is 21.5. The van der Waals surface area contributed by atoms with Crippen LogP contribution >= 0.6 is 46.4 Å². The second kappa shape index (κ2) is 26.2. The minimum atomic E-state index is -0.616. The Morgan fingerprint density at radius 2 is 1.31 bits per heavy atom. The molecule has 3 aromatic rings. The number of halogens is 4. The van der Waals surface area contributed by atoms with E-state index in [4.69, 9.17) is 46.4 Å². The zero-order valence-corrected chi connectivity index (χ0v) is 37.5. The average Bonchev–Trinajstić information content (AvgIpc) is 3.69. The third-order valence-electron chi connectivity index (χ3n) is 10.5. The number of H-pyrrole nitrogens is 1. The van der Waals surface area contributed by atoms with Crippen molar-refractivity contribution in [2.45, 2.75) is 160 Å². The number of alkyl halides is 1. The van der Waals surface area contributed by atoms with Gasteiger partial charge in [-0.05, 0) is 62.3 Å². The number of para-hydroxylation sites is 1. The molecule has 2 aromatic carbocycles. The van der Waals surface area contributed by atoms with Crippen molar-refractivity contribution in [2.75, 3.05) is 11.6 Å². The molecule has 2 amide bonds. The number of hydrogen-bond donors (Lipinski definition) is 1. The lowest BCUT2D eigenvalue weighted by atomic mass is 10.0. The Bertz CT molecular complexity index is 1820. The second-order valence-electron chi connectivity index (χ2n) is 15.3.